The Kier molecular flexibility index (Phi) is 7.35. The van der Waals surface area contributed by atoms with Gasteiger partial charge in [0.2, 0.25) is 0 Å². The normalized spacial score (nSPS) is 8.73. The van der Waals surface area contributed by atoms with Gasteiger partial charge in [0.05, 0.1) is 0 Å². The van der Waals surface area contributed by atoms with E-state index >= 15 is 0 Å². The zero-order valence-electron chi connectivity index (χ0n) is 10.2. The molecular formula is C15H22. The van der Waals surface area contributed by atoms with E-state index in [1.165, 1.54) is 17.5 Å². The van der Waals surface area contributed by atoms with Crippen LogP contribution in [0.15, 0.2) is 31.4 Å². The molecule has 0 aliphatic carbocycles. The molecule has 1 rings (SSSR count). The lowest BCUT2D eigenvalue weighted by molar-refractivity contribution is 1.09. The zero-order chi connectivity index (χ0) is 11.7. The fraction of sp³-hybridized carbons (Fsp3) is 0.333. The molecule has 15 heavy (non-hydrogen) atoms. The van der Waals surface area contributed by atoms with Gasteiger partial charge in [-0.05, 0) is 23.1 Å². The van der Waals surface area contributed by atoms with Crippen LogP contribution >= 0.6 is 0 Å². The lowest BCUT2D eigenvalue weighted by Crippen LogP contribution is -1.84. The predicted molar refractivity (Wildman–Crippen MR) is 72.0 cm³/mol. The molecule has 0 atom stereocenters. The summed E-state index contributed by atoms with van der Waals surface area (Å²) in [5.74, 6) is 0. The van der Waals surface area contributed by atoms with E-state index in [4.69, 9.17) is 0 Å². The fourth-order valence-electron chi connectivity index (χ4n) is 1.21. The van der Waals surface area contributed by atoms with Gasteiger partial charge in [0.1, 0.15) is 0 Å². The first-order valence-electron chi connectivity index (χ1n) is 5.61. The van der Waals surface area contributed by atoms with Gasteiger partial charge in [0, 0.05) is 0 Å². The van der Waals surface area contributed by atoms with Gasteiger partial charge in [-0.1, -0.05) is 70.7 Å². The largest absolute Gasteiger partial charge is 0.0984 e. The van der Waals surface area contributed by atoms with Crippen molar-refractivity contribution in [3.8, 4) is 0 Å². The first kappa shape index (κ1) is 13.7. The van der Waals surface area contributed by atoms with Crippen LogP contribution in [0.5, 0.6) is 0 Å². The van der Waals surface area contributed by atoms with Crippen molar-refractivity contribution in [2.75, 3.05) is 0 Å². The summed E-state index contributed by atoms with van der Waals surface area (Å²) in [6.45, 7) is 13.9. The summed E-state index contributed by atoms with van der Waals surface area (Å²) in [7, 11) is 0. The van der Waals surface area contributed by atoms with Crippen LogP contribution in [0.3, 0.4) is 0 Å². The summed E-state index contributed by atoms with van der Waals surface area (Å²) in [5, 5.41) is 0. The Morgan fingerprint density at radius 2 is 1.53 bits per heavy atom. The first-order chi connectivity index (χ1) is 7.23. The molecule has 1 aromatic carbocycles. The van der Waals surface area contributed by atoms with Crippen molar-refractivity contribution in [3.63, 3.8) is 0 Å². The van der Waals surface area contributed by atoms with E-state index in [9.17, 15) is 0 Å². The standard InChI is InChI=1S/C12H14.C3H8/c1-4-10-7-8-11(5-2)12(6-3)9-10;1-3-2/h5-9H,2-4H2,1H3;3H2,1-2H3. The van der Waals surface area contributed by atoms with Gasteiger partial charge < -0.3 is 0 Å². The highest BCUT2D eigenvalue weighted by Crippen LogP contribution is 2.14. The smallest absolute Gasteiger partial charge is 0.0187 e. The molecule has 82 valence electrons. The highest BCUT2D eigenvalue weighted by Gasteiger charge is 1.95. The van der Waals surface area contributed by atoms with Crippen LogP contribution in [0.25, 0.3) is 12.2 Å². The minimum atomic E-state index is 1.07. The van der Waals surface area contributed by atoms with Crippen molar-refractivity contribution >= 4 is 12.2 Å². The highest BCUT2D eigenvalue weighted by molar-refractivity contribution is 5.64. The Labute approximate surface area is 94.3 Å². The molecule has 0 aliphatic heterocycles. The van der Waals surface area contributed by atoms with Gasteiger partial charge in [-0.3, -0.25) is 0 Å². The minimum absolute atomic E-state index is 1.07. The zero-order valence-corrected chi connectivity index (χ0v) is 10.2. The monoisotopic (exact) mass is 202 g/mol. The average molecular weight is 202 g/mol. The Hall–Kier alpha value is -1.30. The van der Waals surface area contributed by atoms with Gasteiger partial charge in [0.15, 0.2) is 0 Å². The molecular weight excluding hydrogens is 180 g/mol. The second-order valence-electron chi connectivity index (χ2n) is 3.43. The molecule has 0 saturated heterocycles. The Morgan fingerprint density at radius 3 is 1.93 bits per heavy atom. The molecule has 0 N–H and O–H groups in total. The Balaban J connectivity index is 0.000000583. The van der Waals surface area contributed by atoms with Crippen LogP contribution in [0.4, 0.5) is 0 Å². The summed E-state index contributed by atoms with van der Waals surface area (Å²) in [5.41, 5.74) is 3.67. The topological polar surface area (TPSA) is 0 Å². The third-order valence-corrected chi connectivity index (χ3v) is 2.00. The SMILES string of the molecule is C=Cc1ccc(CC)cc1C=C.CCC. The lowest BCUT2D eigenvalue weighted by atomic mass is 10.0. The molecule has 0 fully saturated rings. The third-order valence-electron chi connectivity index (χ3n) is 2.00. The quantitative estimate of drug-likeness (QED) is 0.650. The molecule has 1 aromatic rings. The fourth-order valence-corrected chi connectivity index (χ4v) is 1.21. The molecule has 0 unspecified atom stereocenters. The van der Waals surface area contributed by atoms with Crippen LogP contribution in [0, 0.1) is 0 Å². The average Bonchev–Trinajstić information content (AvgIpc) is 2.29. The van der Waals surface area contributed by atoms with E-state index in [0.717, 1.165) is 12.0 Å². The lowest BCUT2D eigenvalue weighted by Gasteiger charge is -2.02. The van der Waals surface area contributed by atoms with Crippen LogP contribution in [0.2, 0.25) is 0 Å². The highest BCUT2D eigenvalue weighted by atomic mass is 14.0. The molecule has 0 bridgehead atoms. The van der Waals surface area contributed by atoms with Gasteiger partial charge in [-0.25, -0.2) is 0 Å². The summed E-state index contributed by atoms with van der Waals surface area (Å²) in [6.07, 6.45) is 6.05. The molecule has 0 heteroatoms. The van der Waals surface area contributed by atoms with Gasteiger partial charge >= 0.3 is 0 Å². The van der Waals surface area contributed by atoms with E-state index in [1.807, 2.05) is 12.2 Å². The van der Waals surface area contributed by atoms with Crippen molar-refractivity contribution in [2.24, 2.45) is 0 Å². The van der Waals surface area contributed by atoms with Crippen LogP contribution < -0.4 is 0 Å². The number of rotatable bonds is 3. The van der Waals surface area contributed by atoms with Crippen molar-refractivity contribution in [1.29, 1.82) is 0 Å². The molecule has 0 saturated carbocycles. The van der Waals surface area contributed by atoms with Crippen LogP contribution in [-0.2, 0) is 6.42 Å². The number of aryl methyl sites for hydroxylation is 1. The minimum Gasteiger partial charge on any atom is -0.0984 e. The summed E-state index contributed by atoms with van der Waals surface area (Å²) in [4.78, 5) is 0. The predicted octanol–water partition coefficient (Wildman–Crippen LogP) is 4.95. The van der Waals surface area contributed by atoms with Crippen molar-refractivity contribution in [2.45, 2.75) is 33.6 Å². The van der Waals surface area contributed by atoms with Gasteiger partial charge in [-0.2, -0.15) is 0 Å². The molecule has 0 heterocycles. The number of hydrogen-bond acceptors (Lipinski definition) is 0. The second-order valence-corrected chi connectivity index (χ2v) is 3.43. The van der Waals surface area contributed by atoms with Crippen LogP contribution in [0.1, 0.15) is 43.9 Å². The maximum absolute atomic E-state index is 3.77. The number of hydrogen-bond donors (Lipinski definition) is 0. The number of benzene rings is 1. The van der Waals surface area contributed by atoms with E-state index < -0.39 is 0 Å². The summed E-state index contributed by atoms with van der Waals surface area (Å²) in [6, 6.07) is 6.37. The van der Waals surface area contributed by atoms with E-state index in [0.29, 0.717) is 0 Å². The maximum Gasteiger partial charge on any atom is -0.0187 e. The summed E-state index contributed by atoms with van der Waals surface area (Å²) >= 11 is 0. The van der Waals surface area contributed by atoms with Crippen molar-refractivity contribution in [1.82, 2.24) is 0 Å². The van der Waals surface area contributed by atoms with E-state index in [1.54, 1.807) is 0 Å². The van der Waals surface area contributed by atoms with Crippen molar-refractivity contribution < 1.29 is 0 Å². The Bertz CT molecular complexity index is 308. The second kappa shape index (κ2) is 8.05. The Morgan fingerprint density at radius 1 is 1.00 bits per heavy atom. The molecule has 0 aromatic heterocycles. The van der Waals surface area contributed by atoms with Crippen LogP contribution in [-0.4, -0.2) is 0 Å². The third kappa shape index (κ3) is 4.64. The first-order valence-corrected chi connectivity index (χ1v) is 5.61. The molecule has 0 radical (unpaired) electrons. The summed E-state index contributed by atoms with van der Waals surface area (Å²) < 4.78 is 0. The van der Waals surface area contributed by atoms with Gasteiger partial charge in [-0.15, -0.1) is 0 Å². The molecule has 0 aliphatic rings. The molecule has 0 nitrogen and oxygen atoms in total. The maximum atomic E-state index is 3.77. The molecule has 0 spiro atoms. The van der Waals surface area contributed by atoms with Crippen molar-refractivity contribution in [3.05, 3.63) is 48.0 Å². The molecule has 0 amide bonds. The van der Waals surface area contributed by atoms with Gasteiger partial charge in [0.25, 0.3) is 0 Å². The van der Waals surface area contributed by atoms with E-state index in [2.05, 4.69) is 52.1 Å². The van der Waals surface area contributed by atoms with E-state index in [-0.39, 0.29) is 0 Å².